The number of hydrogen-bond acceptors (Lipinski definition) is 4. The fourth-order valence-electron chi connectivity index (χ4n) is 2.74. The van der Waals surface area contributed by atoms with Gasteiger partial charge in [0, 0.05) is 0 Å². The molecule has 0 bridgehead atoms. The lowest BCUT2D eigenvalue weighted by Gasteiger charge is -2.23. The van der Waals surface area contributed by atoms with E-state index in [2.05, 4.69) is 48.1 Å². The molecule has 0 aromatic carbocycles. The van der Waals surface area contributed by atoms with Crippen LogP contribution in [0.3, 0.4) is 0 Å². The number of rotatable bonds is 17. The van der Waals surface area contributed by atoms with Crippen molar-refractivity contribution >= 4 is 0 Å². The third-order valence-electron chi connectivity index (χ3n) is 4.25. The first kappa shape index (κ1) is 21.8. The van der Waals surface area contributed by atoms with Crippen LogP contribution in [0, 0.1) is 0 Å². The van der Waals surface area contributed by atoms with Gasteiger partial charge in [-0.1, -0.05) is 27.7 Å². The Labute approximate surface area is 140 Å². The van der Waals surface area contributed by atoms with Gasteiger partial charge >= 0.3 is 0 Å². The summed E-state index contributed by atoms with van der Waals surface area (Å²) in [5.74, 6) is 0. The average molecular weight is 315 g/mol. The standard InChI is InChI=1S/C18H42N4/c1-5-19-13-11-17-21(7-3)15-9-10-16-22(8-4)18-12-14-20-6-2/h19-20H,5-18H2,1-4H3. The molecule has 0 atom stereocenters. The van der Waals surface area contributed by atoms with Crippen molar-refractivity contribution in [1.29, 1.82) is 0 Å². The largest absolute Gasteiger partial charge is 0.317 e. The van der Waals surface area contributed by atoms with Crippen molar-refractivity contribution in [3.63, 3.8) is 0 Å². The highest BCUT2D eigenvalue weighted by molar-refractivity contribution is 4.61. The average Bonchev–Trinajstić information content (AvgIpc) is 2.55. The van der Waals surface area contributed by atoms with E-state index in [0.29, 0.717) is 0 Å². The third kappa shape index (κ3) is 13.5. The molecule has 0 unspecified atom stereocenters. The van der Waals surface area contributed by atoms with Gasteiger partial charge in [0.2, 0.25) is 0 Å². The molecule has 0 spiro atoms. The summed E-state index contributed by atoms with van der Waals surface area (Å²) in [6, 6.07) is 0. The molecule has 0 aliphatic rings. The minimum atomic E-state index is 1.09. The topological polar surface area (TPSA) is 30.5 Å². The van der Waals surface area contributed by atoms with Gasteiger partial charge in [0.15, 0.2) is 0 Å². The Morgan fingerprint density at radius 1 is 0.545 bits per heavy atom. The zero-order chi connectivity index (χ0) is 16.5. The quantitative estimate of drug-likeness (QED) is 0.404. The maximum atomic E-state index is 3.41. The van der Waals surface area contributed by atoms with Crippen LogP contribution in [0.15, 0.2) is 0 Å². The van der Waals surface area contributed by atoms with Crippen molar-refractivity contribution < 1.29 is 0 Å². The molecule has 0 saturated carbocycles. The minimum absolute atomic E-state index is 1.09. The third-order valence-corrected chi connectivity index (χ3v) is 4.25. The predicted molar refractivity (Wildman–Crippen MR) is 99.8 cm³/mol. The number of unbranched alkanes of at least 4 members (excludes halogenated alkanes) is 1. The Kier molecular flexibility index (Phi) is 17.1. The summed E-state index contributed by atoms with van der Waals surface area (Å²) < 4.78 is 0. The van der Waals surface area contributed by atoms with Gasteiger partial charge in [0.1, 0.15) is 0 Å². The number of hydrogen-bond donors (Lipinski definition) is 2. The van der Waals surface area contributed by atoms with Crippen molar-refractivity contribution in [2.45, 2.75) is 53.4 Å². The second-order valence-electron chi connectivity index (χ2n) is 5.99. The lowest BCUT2D eigenvalue weighted by atomic mass is 10.2. The number of nitrogens with zero attached hydrogens (tertiary/aromatic N) is 2. The lowest BCUT2D eigenvalue weighted by Crippen LogP contribution is -2.30. The van der Waals surface area contributed by atoms with E-state index in [1.54, 1.807) is 0 Å². The summed E-state index contributed by atoms with van der Waals surface area (Å²) in [5, 5.41) is 6.82. The molecule has 134 valence electrons. The molecule has 4 heteroatoms. The van der Waals surface area contributed by atoms with Crippen LogP contribution in [0.25, 0.3) is 0 Å². The number of nitrogens with one attached hydrogen (secondary N) is 2. The summed E-state index contributed by atoms with van der Waals surface area (Å²) >= 11 is 0. The summed E-state index contributed by atoms with van der Waals surface area (Å²) in [6.45, 7) is 20.8. The van der Waals surface area contributed by atoms with Gasteiger partial charge in [-0.05, 0) is 91.1 Å². The van der Waals surface area contributed by atoms with Gasteiger partial charge in [-0.2, -0.15) is 0 Å². The molecule has 0 radical (unpaired) electrons. The Morgan fingerprint density at radius 3 is 1.23 bits per heavy atom. The Hall–Kier alpha value is -0.160. The molecule has 0 rings (SSSR count). The first-order chi connectivity index (χ1) is 10.8. The molecule has 0 saturated heterocycles. The van der Waals surface area contributed by atoms with E-state index < -0.39 is 0 Å². The first-order valence-corrected chi connectivity index (χ1v) is 9.64. The molecular formula is C18H42N4. The molecule has 2 N–H and O–H groups in total. The highest BCUT2D eigenvalue weighted by atomic mass is 15.1. The van der Waals surface area contributed by atoms with Crippen molar-refractivity contribution in [3.8, 4) is 0 Å². The molecule has 0 aliphatic carbocycles. The Morgan fingerprint density at radius 2 is 0.909 bits per heavy atom. The van der Waals surface area contributed by atoms with Crippen LogP contribution in [0.2, 0.25) is 0 Å². The van der Waals surface area contributed by atoms with Gasteiger partial charge < -0.3 is 20.4 Å². The van der Waals surface area contributed by atoms with E-state index in [-0.39, 0.29) is 0 Å². The van der Waals surface area contributed by atoms with Crippen molar-refractivity contribution in [1.82, 2.24) is 20.4 Å². The monoisotopic (exact) mass is 314 g/mol. The fraction of sp³-hybridized carbons (Fsp3) is 1.00. The van der Waals surface area contributed by atoms with Crippen LogP contribution in [-0.4, -0.2) is 75.2 Å². The SMILES string of the molecule is CCNCCCN(CC)CCCCN(CC)CCCNCC. The lowest BCUT2D eigenvalue weighted by molar-refractivity contribution is 0.249. The molecule has 0 aromatic heterocycles. The molecule has 0 aliphatic heterocycles. The zero-order valence-corrected chi connectivity index (χ0v) is 15.8. The van der Waals surface area contributed by atoms with Crippen LogP contribution in [0.5, 0.6) is 0 Å². The van der Waals surface area contributed by atoms with E-state index in [4.69, 9.17) is 0 Å². The van der Waals surface area contributed by atoms with Crippen LogP contribution < -0.4 is 10.6 Å². The second-order valence-corrected chi connectivity index (χ2v) is 5.99. The van der Waals surface area contributed by atoms with E-state index in [0.717, 1.165) is 26.2 Å². The molecule has 0 fully saturated rings. The minimum Gasteiger partial charge on any atom is -0.317 e. The second kappa shape index (κ2) is 17.2. The van der Waals surface area contributed by atoms with Gasteiger partial charge in [-0.25, -0.2) is 0 Å². The maximum Gasteiger partial charge on any atom is -0.000676 e. The maximum absolute atomic E-state index is 3.41. The van der Waals surface area contributed by atoms with Gasteiger partial charge in [-0.3, -0.25) is 0 Å². The normalized spacial score (nSPS) is 11.7. The van der Waals surface area contributed by atoms with Crippen molar-refractivity contribution in [2.75, 3.05) is 65.4 Å². The van der Waals surface area contributed by atoms with Gasteiger partial charge in [-0.15, -0.1) is 0 Å². The highest BCUT2D eigenvalue weighted by Crippen LogP contribution is 2.00. The Bertz CT molecular complexity index is 189. The van der Waals surface area contributed by atoms with Crippen LogP contribution >= 0.6 is 0 Å². The molecule has 0 aromatic rings. The summed E-state index contributed by atoms with van der Waals surface area (Å²) in [6.07, 6.45) is 5.21. The van der Waals surface area contributed by atoms with E-state index >= 15 is 0 Å². The van der Waals surface area contributed by atoms with E-state index in [1.807, 2.05) is 0 Å². The molecule has 0 heterocycles. The van der Waals surface area contributed by atoms with Crippen LogP contribution in [0.1, 0.15) is 53.4 Å². The zero-order valence-electron chi connectivity index (χ0n) is 15.8. The smallest absolute Gasteiger partial charge is 0.000676 e. The van der Waals surface area contributed by atoms with Gasteiger partial charge in [0.25, 0.3) is 0 Å². The van der Waals surface area contributed by atoms with E-state index in [9.17, 15) is 0 Å². The molecular weight excluding hydrogens is 272 g/mol. The Balaban J connectivity index is 3.59. The molecule has 0 amide bonds. The first-order valence-electron chi connectivity index (χ1n) is 9.64. The van der Waals surface area contributed by atoms with Crippen LogP contribution in [-0.2, 0) is 0 Å². The van der Waals surface area contributed by atoms with Gasteiger partial charge in [0.05, 0.1) is 0 Å². The summed E-state index contributed by atoms with van der Waals surface area (Å²) in [5.41, 5.74) is 0. The highest BCUT2D eigenvalue weighted by Gasteiger charge is 2.04. The fourth-order valence-corrected chi connectivity index (χ4v) is 2.74. The van der Waals surface area contributed by atoms with Crippen LogP contribution in [0.4, 0.5) is 0 Å². The molecule has 4 nitrogen and oxygen atoms in total. The summed E-state index contributed by atoms with van der Waals surface area (Å²) in [4.78, 5) is 5.19. The predicted octanol–water partition coefficient (Wildman–Crippen LogP) is 2.41. The summed E-state index contributed by atoms with van der Waals surface area (Å²) in [7, 11) is 0. The van der Waals surface area contributed by atoms with Crippen molar-refractivity contribution in [2.24, 2.45) is 0 Å². The molecule has 22 heavy (non-hydrogen) atoms. The van der Waals surface area contributed by atoms with E-state index in [1.165, 1.54) is 65.0 Å². The van der Waals surface area contributed by atoms with Crippen molar-refractivity contribution in [3.05, 3.63) is 0 Å².